The lowest BCUT2D eigenvalue weighted by Crippen LogP contribution is -2.46. The lowest BCUT2D eigenvalue weighted by molar-refractivity contribution is 0.241. The van der Waals surface area contributed by atoms with E-state index in [2.05, 4.69) is 62.7 Å². The molecule has 0 bridgehead atoms. The lowest BCUT2D eigenvalue weighted by atomic mass is 10.3. The number of benzene rings is 1. The van der Waals surface area contributed by atoms with Gasteiger partial charge in [-0.2, -0.15) is 0 Å². The maximum atomic E-state index is 4.85. The number of piperazine rings is 1. The van der Waals surface area contributed by atoms with Gasteiger partial charge in [0.2, 0.25) is 0 Å². The summed E-state index contributed by atoms with van der Waals surface area (Å²) < 4.78 is 2.33. The molecule has 4 rings (SSSR count). The third kappa shape index (κ3) is 2.87. The maximum absolute atomic E-state index is 4.85. The number of aromatic nitrogens is 3. The van der Waals surface area contributed by atoms with Gasteiger partial charge in [0.25, 0.3) is 0 Å². The summed E-state index contributed by atoms with van der Waals surface area (Å²) in [5.74, 6) is 2.25. The topological polar surface area (TPSA) is 37.2 Å². The summed E-state index contributed by atoms with van der Waals surface area (Å²) in [5, 5.41) is 0. The van der Waals surface area contributed by atoms with Gasteiger partial charge in [0, 0.05) is 38.9 Å². The number of imidazole rings is 1. The molecule has 0 radical (unpaired) electrons. The molecule has 124 valence electrons. The molecule has 0 amide bonds. The second kappa shape index (κ2) is 6.61. The number of hydrogen-bond acceptors (Lipinski definition) is 4. The Morgan fingerprint density at radius 3 is 2.50 bits per heavy atom. The number of pyridine rings is 1. The van der Waals surface area contributed by atoms with Gasteiger partial charge in [-0.3, -0.25) is 4.90 Å². The fourth-order valence-electron chi connectivity index (χ4n) is 3.47. The highest BCUT2D eigenvalue weighted by Gasteiger charge is 2.20. The molecule has 1 saturated heterocycles. The van der Waals surface area contributed by atoms with Crippen LogP contribution < -0.4 is 4.90 Å². The minimum absolute atomic E-state index is 0.915. The molecule has 0 spiro atoms. The Morgan fingerprint density at radius 2 is 1.75 bits per heavy atom. The number of fused-ring (bicyclic) bond motifs is 1. The molecule has 3 aromatic rings. The first-order valence-electron chi connectivity index (χ1n) is 8.67. The Balaban J connectivity index is 1.46. The zero-order valence-corrected chi connectivity index (χ0v) is 14.1. The second-order valence-corrected chi connectivity index (χ2v) is 6.21. The van der Waals surface area contributed by atoms with Crippen molar-refractivity contribution in [3.05, 3.63) is 54.5 Å². The number of para-hydroxylation sites is 2. The Morgan fingerprint density at radius 1 is 0.958 bits per heavy atom. The molecule has 0 atom stereocenters. The largest absolute Gasteiger partial charge is 0.354 e. The van der Waals surface area contributed by atoms with E-state index in [1.165, 1.54) is 11.3 Å². The summed E-state index contributed by atoms with van der Waals surface area (Å²) in [7, 11) is 0. The molecule has 5 heteroatoms. The Bertz CT molecular complexity index is 803. The molecule has 2 aromatic heterocycles. The van der Waals surface area contributed by atoms with Crippen LogP contribution >= 0.6 is 0 Å². The standard InChI is InChI=1S/C19H23N5/c1-2-24-17-8-4-3-7-16(17)21-19(24)15-22-11-13-23(14-12-22)18-9-5-6-10-20-18/h3-10H,2,11-15H2,1H3. The first-order chi connectivity index (χ1) is 11.8. The van der Waals surface area contributed by atoms with Gasteiger partial charge < -0.3 is 9.47 Å². The molecule has 5 nitrogen and oxygen atoms in total. The van der Waals surface area contributed by atoms with Gasteiger partial charge in [0.1, 0.15) is 11.6 Å². The normalized spacial score (nSPS) is 16.0. The van der Waals surface area contributed by atoms with Crippen molar-refractivity contribution < 1.29 is 0 Å². The number of anilines is 1. The molecular weight excluding hydrogens is 298 g/mol. The van der Waals surface area contributed by atoms with Crippen LogP contribution in [-0.4, -0.2) is 45.6 Å². The van der Waals surface area contributed by atoms with E-state index >= 15 is 0 Å². The Kier molecular flexibility index (Phi) is 4.17. The molecule has 3 heterocycles. The van der Waals surface area contributed by atoms with Gasteiger partial charge in [-0.05, 0) is 31.2 Å². The zero-order chi connectivity index (χ0) is 16.4. The number of aryl methyl sites for hydroxylation is 1. The minimum Gasteiger partial charge on any atom is -0.354 e. The predicted molar refractivity (Wildman–Crippen MR) is 97.1 cm³/mol. The highest BCUT2D eigenvalue weighted by atomic mass is 15.3. The summed E-state index contributed by atoms with van der Waals surface area (Å²) in [6.07, 6.45) is 1.87. The van der Waals surface area contributed by atoms with Crippen LogP contribution in [0.4, 0.5) is 5.82 Å². The van der Waals surface area contributed by atoms with Gasteiger partial charge in [0.15, 0.2) is 0 Å². The predicted octanol–water partition coefficient (Wildman–Crippen LogP) is 2.77. The average molecular weight is 321 g/mol. The summed E-state index contributed by atoms with van der Waals surface area (Å²) in [5.41, 5.74) is 2.34. The molecule has 0 saturated carbocycles. The zero-order valence-electron chi connectivity index (χ0n) is 14.1. The maximum Gasteiger partial charge on any atom is 0.128 e. The van der Waals surface area contributed by atoms with Crippen molar-refractivity contribution in [1.29, 1.82) is 0 Å². The van der Waals surface area contributed by atoms with Crippen LogP contribution in [-0.2, 0) is 13.1 Å². The van der Waals surface area contributed by atoms with Crippen LogP contribution in [0.5, 0.6) is 0 Å². The van der Waals surface area contributed by atoms with Gasteiger partial charge in [-0.15, -0.1) is 0 Å². The van der Waals surface area contributed by atoms with E-state index < -0.39 is 0 Å². The number of rotatable bonds is 4. The third-order valence-electron chi connectivity index (χ3n) is 4.76. The third-order valence-corrected chi connectivity index (χ3v) is 4.76. The van der Waals surface area contributed by atoms with E-state index in [1.807, 2.05) is 12.3 Å². The highest BCUT2D eigenvalue weighted by Crippen LogP contribution is 2.19. The van der Waals surface area contributed by atoms with Crippen molar-refractivity contribution in [2.24, 2.45) is 0 Å². The van der Waals surface area contributed by atoms with Gasteiger partial charge in [-0.25, -0.2) is 9.97 Å². The van der Waals surface area contributed by atoms with E-state index in [4.69, 9.17) is 4.98 Å². The monoisotopic (exact) mass is 321 g/mol. The fraction of sp³-hybridized carbons (Fsp3) is 0.368. The summed E-state index contributed by atoms with van der Waals surface area (Å²) in [6, 6.07) is 14.5. The van der Waals surface area contributed by atoms with Crippen LogP contribution in [0, 0.1) is 0 Å². The number of hydrogen-bond donors (Lipinski definition) is 0. The molecule has 1 fully saturated rings. The second-order valence-electron chi connectivity index (χ2n) is 6.21. The molecule has 1 aliphatic rings. The Hall–Kier alpha value is -2.40. The molecule has 0 aliphatic carbocycles. The van der Waals surface area contributed by atoms with Crippen molar-refractivity contribution in [3.8, 4) is 0 Å². The van der Waals surface area contributed by atoms with E-state index in [1.54, 1.807) is 0 Å². The van der Waals surface area contributed by atoms with Crippen LogP contribution in [0.3, 0.4) is 0 Å². The van der Waals surface area contributed by atoms with Crippen LogP contribution in [0.1, 0.15) is 12.7 Å². The van der Waals surface area contributed by atoms with E-state index in [-0.39, 0.29) is 0 Å². The minimum atomic E-state index is 0.915. The molecular formula is C19H23N5. The van der Waals surface area contributed by atoms with Crippen molar-refractivity contribution >= 4 is 16.9 Å². The van der Waals surface area contributed by atoms with Crippen LogP contribution in [0.2, 0.25) is 0 Å². The van der Waals surface area contributed by atoms with Gasteiger partial charge in [-0.1, -0.05) is 18.2 Å². The molecule has 1 aromatic carbocycles. The SMILES string of the molecule is CCn1c(CN2CCN(c3ccccn3)CC2)nc2ccccc21. The van der Waals surface area contributed by atoms with Crippen molar-refractivity contribution in [3.63, 3.8) is 0 Å². The van der Waals surface area contributed by atoms with Crippen molar-refractivity contribution in [2.45, 2.75) is 20.0 Å². The molecule has 1 aliphatic heterocycles. The highest BCUT2D eigenvalue weighted by molar-refractivity contribution is 5.75. The van der Waals surface area contributed by atoms with Crippen LogP contribution in [0.15, 0.2) is 48.7 Å². The van der Waals surface area contributed by atoms with E-state index in [0.29, 0.717) is 0 Å². The summed E-state index contributed by atoms with van der Waals surface area (Å²) in [6.45, 7) is 8.19. The number of nitrogens with zero attached hydrogens (tertiary/aromatic N) is 5. The molecule has 24 heavy (non-hydrogen) atoms. The quantitative estimate of drug-likeness (QED) is 0.740. The molecule has 0 N–H and O–H groups in total. The van der Waals surface area contributed by atoms with Crippen molar-refractivity contribution in [1.82, 2.24) is 19.4 Å². The fourth-order valence-corrected chi connectivity index (χ4v) is 3.47. The van der Waals surface area contributed by atoms with Crippen LogP contribution in [0.25, 0.3) is 11.0 Å². The van der Waals surface area contributed by atoms with Crippen molar-refractivity contribution in [2.75, 3.05) is 31.1 Å². The molecule has 0 unspecified atom stereocenters. The van der Waals surface area contributed by atoms with Gasteiger partial charge >= 0.3 is 0 Å². The van der Waals surface area contributed by atoms with E-state index in [9.17, 15) is 0 Å². The Labute approximate surface area is 142 Å². The van der Waals surface area contributed by atoms with E-state index in [0.717, 1.165) is 50.6 Å². The van der Waals surface area contributed by atoms with Gasteiger partial charge in [0.05, 0.1) is 17.6 Å². The first-order valence-corrected chi connectivity index (χ1v) is 8.67. The first kappa shape index (κ1) is 15.1. The lowest BCUT2D eigenvalue weighted by Gasteiger charge is -2.35. The summed E-state index contributed by atoms with van der Waals surface area (Å²) >= 11 is 0. The average Bonchev–Trinajstić information content (AvgIpc) is 3.00. The summed E-state index contributed by atoms with van der Waals surface area (Å²) in [4.78, 5) is 14.2. The smallest absolute Gasteiger partial charge is 0.128 e.